The van der Waals surface area contributed by atoms with Gasteiger partial charge in [0.1, 0.15) is 0 Å². The van der Waals surface area contributed by atoms with Crippen molar-refractivity contribution in [2.45, 2.75) is 6.42 Å². The maximum Gasteiger partial charge on any atom is 0.304 e. The number of carboxylic acid groups (broad SMARTS) is 1. The lowest BCUT2D eigenvalue weighted by molar-refractivity contribution is -0.136. The molecule has 4 heteroatoms. The molecule has 0 aliphatic carbocycles. The number of hydrogen-bond donors (Lipinski definition) is 1. The molecular weight excluding hydrogens is 140 g/mol. The molecule has 0 aromatic rings. The van der Waals surface area contributed by atoms with E-state index in [-0.39, 0.29) is 13.0 Å². The molecule has 0 rings (SSSR count). The smallest absolute Gasteiger partial charge is 0.304 e. The molecule has 3 nitrogen and oxygen atoms in total. The van der Waals surface area contributed by atoms with Crippen LogP contribution in [0.2, 0.25) is 0 Å². The van der Waals surface area contributed by atoms with Crippen molar-refractivity contribution in [3.63, 3.8) is 0 Å². The average Bonchev–Trinajstić information content (AvgIpc) is 1.80. The van der Waals surface area contributed by atoms with Gasteiger partial charge in [-0.15, -0.1) is 0 Å². The Morgan fingerprint density at radius 2 is 2.11 bits per heavy atom. The summed E-state index contributed by atoms with van der Waals surface area (Å²) in [6.07, 6.45) is 0.157. The average molecular weight is 149 g/mol. The minimum Gasteiger partial charge on any atom is -0.481 e. The van der Waals surface area contributed by atoms with Crippen LogP contribution >= 0.6 is 11.8 Å². The summed E-state index contributed by atoms with van der Waals surface area (Å²) in [5.41, 5.74) is 0. The third-order valence-corrected chi connectivity index (χ3v) is 1.64. The van der Waals surface area contributed by atoms with Gasteiger partial charge in [-0.1, -0.05) is 0 Å². The van der Waals surface area contributed by atoms with Gasteiger partial charge in [0.2, 0.25) is 0 Å². The van der Waals surface area contributed by atoms with Crippen molar-refractivity contribution < 1.29 is 15.0 Å². The van der Waals surface area contributed by atoms with Crippen molar-refractivity contribution in [1.29, 1.82) is 0 Å². The molecule has 0 fully saturated rings. The summed E-state index contributed by atoms with van der Waals surface area (Å²) in [6.45, 7) is -0.121. The molecule has 9 heavy (non-hydrogen) atoms. The molecule has 1 radical (unpaired) electrons. The fourth-order valence-corrected chi connectivity index (χ4v) is 0.961. The number of rotatable bonds is 5. The molecule has 0 spiro atoms. The van der Waals surface area contributed by atoms with E-state index in [2.05, 4.69) is 0 Å². The SMILES string of the molecule is [O]CCSCCC(=O)O. The van der Waals surface area contributed by atoms with Crippen molar-refractivity contribution in [2.75, 3.05) is 18.1 Å². The lowest BCUT2D eigenvalue weighted by atomic mass is 10.5. The van der Waals surface area contributed by atoms with E-state index in [1.54, 1.807) is 0 Å². The molecule has 0 aliphatic rings. The third kappa shape index (κ3) is 7.78. The van der Waals surface area contributed by atoms with Gasteiger partial charge >= 0.3 is 5.97 Å². The lowest BCUT2D eigenvalue weighted by Gasteiger charge is -1.92. The number of thioether (sulfide) groups is 1. The maximum atomic E-state index is 9.87. The van der Waals surface area contributed by atoms with Gasteiger partial charge in [-0.3, -0.25) is 4.79 Å². The van der Waals surface area contributed by atoms with Crippen LogP contribution in [0.15, 0.2) is 0 Å². The summed E-state index contributed by atoms with van der Waals surface area (Å²) < 4.78 is 0. The molecular formula is C5H9O3S. The fourth-order valence-electron chi connectivity index (χ4n) is 0.320. The van der Waals surface area contributed by atoms with Crippen LogP contribution in [0.1, 0.15) is 6.42 Å². The molecule has 53 valence electrons. The van der Waals surface area contributed by atoms with Crippen LogP contribution in [0.3, 0.4) is 0 Å². The number of carboxylic acids is 1. The highest BCUT2D eigenvalue weighted by molar-refractivity contribution is 7.99. The van der Waals surface area contributed by atoms with E-state index in [0.717, 1.165) is 0 Å². The van der Waals surface area contributed by atoms with Gasteiger partial charge in [-0.25, -0.2) is 5.11 Å². The highest BCUT2D eigenvalue weighted by Crippen LogP contribution is 2.00. The number of aliphatic carboxylic acids is 1. The van der Waals surface area contributed by atoms with Crippen molar-refractivity contribution in [3.8, 4) is 0 Å². The van der Waals surface area contributed by atoms with Crippen LogP contribution in [-0.2, 0) is 9.90 Å². The van der Waals surface area contributed by atoms with Gasteiger partial charge in [0.15, 0.2) is 0 Å². The first-order valence-corrected chi connectivity index (χ1v) is 3.80. The lowest BCUT2D eigenvalue weighted by Crippen LogP contribution is -1.97. The Labute approximate surface area is 58.1 Å². The Morgan fingerprint density at radius 1 is 1.44 bits per heavy atom. The van der Waals surface area contributed by atoms with Crippen molar-refractivity contribution >= 4 is 17.7 Å². The van der Waals surface area contributed by atoms with Gasteiger partial charge in [0.25, 0.3) is 0 Å². The van der Waals surface area contributed by atoms with E-state index in [0.29, 0.717) is 11.5 Å². The monoisotopic (exact) mass is 149 g/mol. The largest absolute Gasteiger partial charge is 0.481 e. The van der Waals surface area contributed by atoms with Gasteiger partial charge < -0.3 is 5.11 Å². The van der Waals surface area contributed by atoms with Crippen molar-refractivity contribution in [3.05, 3.63) is 0 Å². The Morgan fingerprint density at radius 3 is 2.56 bits per heavy atom. The normalized spacial score (nSPS) is 9.44. The second-order valence-corrected chi connectivity index (χ2v) is 2.68. The van der Waals surface area contributed by atoms with Crippen LogP contribution < -0.4 is 0 Å². The van der Waals surface area contributed by atoms with Crippen LogP contribution in [0.5, 0.6) is 0 Å². The molecule has 0 atom stereocenters. The molecule has 0 unspecified atom stereocenters. The zero-order valence-electron chi connectivity index (χ0n) is 5.00. The molecule has 0 amide bonds. The van der Waals surface area contributed by atoms with Gasteiger partial charge in [0, 0.05) is 11.5 Å². The zero-order valence-corrected chi connectivity index (χ0v) is 5.82. The first-order valence-electron chi connectivity index (χ1n) is 2.65. The number of hydrogen-bond acceptors (Lipinski definition) is 2. The van der Waals surface area contributed by atoms with Gasteiger partial charge in [-0.05, 0) is 0 Å². The molecule has 0 aliphatic heterocycles. The van der Waals surface area contributed by atoms with E-state index in [9.17, 15) is 9.90 Å². The maximum absolute atomic E-state index is 9.87. The summed E-state index contributed by atoms with van der Waals surface area (Å²) >= 11 is 1.39. The minimum absolute atomic E-state index is 0.121. The van der Waals surface area contributed by atoms with E-state index < -0.39 is 5.97 Å². The zero-order chi connectivity index (χ0) is 7.11. The van der Waals surface area contributed by atoms with Gasteiger partial charge in [-0.2, -0.15) is 11.8 Å². The highest BCUT2D eigenvalue weighted by Gasteiger charge is 1.94. The summed E-state index contributed by atoms with van der Waals surface area (Å²) in [6, 6.07) is 0. The predicted octanol–water partition coefficient (Wildman–Crippen LogP) is 0.625. The van der Waals surface area contributed by atoms with E-state index in [4.69, 9.17) is 5.11 Å². The van der Waals surface area contributed by atoms with Crippen LogP contribution in [0.4, 0.5) is 0 Å². The van der Waals surface area contributed by atoms with E-state index in [1.165, 1.54) is 11.8 Å². The summed E-state index contributed by atoms with van der Waals surface area (Å²) in [5.74, 6) is 0.276. The summed E-state index contributed by atoms with van der Waals surface area (Å²) in [5, 5.41) is 17.9. The Hall–Kier alpha value is -0.220. The van der Waals surface area contributed by atoms with Crippen LogP contribution in [0, 0.1) is 0 Å². The summed E-state index contributed by atoms with van der Waals surface area (Å²) in [4.78, 5) is 9.87. The first kappa shape index (κ1) is 8.78. The topological polar surface area (TPSA) is 57.2 Å². The summed E-state index contributed by atoms with van der Waals surface area (Å²) in [7, 11) is 0. The van der Waals surface area contributed by atoms with Gasteiger partial charge in [0.05, 0.1) is 13.0 Å². The standard InChI is InChI=1S/C5H9O3S/c6-2-4-9-3-1-5(7)8/h1-4H2,(H,7,8). The predicted molar refractivity (Wildman–Crippen MR) is 35.1 cm³/mol. The number of carbonyl (C=O) groups is 1. The van der Waals surface area contributed by atoms with E-state index in [1.807, 2.05) is 0 Å². The van der Waals surface area contributed by atoms with E-state index >= 15 is 0 Å². The van der Waals surface area contributed by atoms with Crippen LogP contribution in [-0.4, -0.2) is 29.2 Å². The fraction of sp³-hybridized carbons (Fsp3) is 0.800. The highest BCUT2D eigenvalue weighted by atomic mass is 32.2. The molecule has 0 heterocycles. The first-order chi connectivity index (χ1) is 4.27. The Kier molecular flexibility index (Phi) is 5.76. The Bertz CT molecular complexity index is 84.3. The molecule has 0 saturated heterocycles. The van der Waals surface area contributed by atoms with Crippen molar-refractivity contribution in [1.82, 2.24) is 0 Å². The quantitative estimate of drug-likeness (QED) is 0.583. The third-order valence-electron chi connectivity index (χ3n) is 0.688. The molecule has 0 bridgehead atoms. The molecule has 0 saturated carbocycles. The van der Waals surface area contributed by atoms with Crippen LogP contribution in [0.25, 0.3) is 0 Å². The second-order valence-electron chi connectivity index (χ2n) is 1.46. The Balaban J connectivity index is 2.83. The molecule has 0 aromatic carbocycles. The molecule has 1 N–H and O–H groups in total. The second kappa shape index (κ2) is 5.91. The molecule has 0 aromatic heterocycles. The van der Waals surface area contributed by atoms with Crippen molar-refractivity contribution in [2.24, 2.45) is 0 Å². The minimum atomic E-state index is -0.798.